The molecule has 2 rings (SSSR count). The lowest BCUT2D eigenvalue weighted by atomic mass is 10.2. The Bertz CT molecular complexity index is 664. The van der Waals surface area contributed by atoms with E-state index in [1.54, 1.807) is 48.5 Å². The molecule has 4 nitrogen and oxygen atoms in total. The maximum atomic E-state index is 11.6. The van der Waals surface area contributed by atoms with Crippen LogP contribution in [0.3, 0.4) is 0 Å². The lowest BCUT2D eigenvalue weighted by Gasteiger charge is -2.08. The third-order valence-corrected chi connectivity index (χ3v) is 2.73. The highest BCUT2D eigenvalue weighted by Gasteiger charge is 2.10. The third kappa shape index (κ3) is 3.50. The summed E-state index contributed by atoms with van der Waals surface area (Å²) in [5.41, 5.74) is 0.359. The Balaban J connectivity index is 1.96. The van der Waals surface area contributed by atoms with E-state index in [1.165, 1.54) is 0 Å². The van der Waals surface area contributed by atoms with Crippen LogP contribution in [0.25, 0.3) is 0 Å². The van der Waals surface area contributed by atoms with Gasteiger partial charge < -0.3 is 9.47 Å². The fourth-order valence-corrected chi connectivity index (χ4v) is 1.68. The van der Waals surface area contributed by atoms with Gasteiger partial charge in [-0.15, -0.1) is 0 Å². The maximum Gasteiger partial charge on any atom is 0.349 e. The number of nitrogens with zero attached hydrogens (tertiary/aromatic N) is 1. The van der Waals surface area contributed by atoms with E-state index < -0.39 is 5.97 Å². The van der Waals surface area contributed by atoms with Crippen molar-refractivity contribution in [1.29, 1.82) is 5.26 Å². The van der Waals surface area contributed by atoms with Crippen molar-refractivity contribution >= 4 is 17.6 Å². The average molecular weight is 288 g/mol. The van der Waals surface area contributed by atoms with Gasteiger partial charge in [-0.3, -0.25) is 0 Å². The van der Waals surface area contributed by atoms with Crippen molar-refractivity contribution in [2.75, 3.05) is 6.61 Å². The Hall–Kier alpha value is -2.51. The van der Waals surface area contributed by atoms with Crippen LogP contribution < -0.4 is 9.47 Å². The van der Waals surface area contributed by atoms with Gasteiger partial charge in [0.05, 0.1) is 10.6 Å². The van der Waals surface area contributed by atoms with E-state index in [0.717, 1.165) is 0 Å². The van der Waals surface area contributed by atoms with Gasteiger partial charge in [-0.25, -0.2) is 4.79 Å². The van der Waals surface area contributed by atoms with Crippen LogP contribution in [0, 0.1) is 11.3 Å². The summed E-state index contributed by atoms with van der Waals surface area (Å²) in [5, 5.41) is 9.24. The van der Waals surface area contributed by atoms with Crippen LogP contribution >= 0.6 is 11.6 Å². The lowest BCUT2D eigenvalue weighted by molar-refractivity contribution is -0.136. The van der Waals surface area contributed by atoms with Crippen LogP contribution in [0.2, 0.25) is 5.02 Å². The number of carbonyl (C=O) groups is 1. The fourth-order valence-electron chi connectivity index (χ4n) is 1.50. The van der Waals surface area contributed by atoms with Crippen molar-refractivity contribution < 1.29 is 14.3 Å². The molecule has 0 aromatic heterocycles. The van der Waals surface area contributed by atoms with Crippen molar-refractivity contribution in [3.63, 3.8) is 0 Å². The van der Waals surface area contributed by atoms with E-state index in [2.05, 4.69) is 0 Å². The first-order chi connectivity index (χ1) is 9.70. The molecule has 0 fully saturated rings. The number of nitriles is 1. The molecule has 2 aromatic rings. The number of hydrogen-bond donors (Lipinski definition) is 0. The van der Waals surface area contributed by atoms with Gasteiger partial charge in [-0.05, 0) is 24.3 Å². The number of ether oxygens (including phenoxy) is 2. The van der Waals surface area contributed by atoms with Crippen molar-refractivity contribution in [2.24, 2.45) is 0 Å². The second kappa shape index (κ2) is 6.60. The molecule has 0 heterocycles. The summed E-state index contributed by atoms with van der Waals surface area (Å²) in [6.07, 6.45) is 0. The van der Waals surface area contributed by atoms with Crippen LogP contribution in [-0.2, 0) is 4.79 Å². The molecule has 5 heteroatoms. The normalized spacial score (nSPS) is 9.60. The minimum atomic E-state index is -0.592. The second-order valence-electron chi connectivity index (χ2n) is 3.80. The molecule has 0 N–H and O–H groups in total. The highest BCUT2D eigenvalue weighted by atomic mass is 35.5. The van der Waals surface area contributed by atoms with Gasteiger partial charge in [0.15, 0.2) is 6.61 Å². The van der Waals surface area contributed by atoms with Crippen molar-refractivity contribution in [3.05, 3.63) is 59.1 Å². The molecule has 0 aliphatic rings. The van der Waals surface area contributed by atoms with Crippen LogP contribution in [0.4, 0.5) is 0 Å². The first-order valence-corrected chi connectivity index (χ1v) is 6.15. The standard InChI is InChI=1S/C15H10ClNO3/c16-12-6-2-4-8-14(12)20-15(18)10-19-13-7-3-1-5-11(13)9-17/h1-8H,10H2. The van der Waals surface area contributed by atoms with E-state index in [-0.39, 0.29) is 12.4 Å². The highest BCUT2D eigenvalue weighted by molar-refractivity contribution is 6.32. The molecule has 0 unspecified atom stereocenters. The molecule has 0 saturated heterocycles. The van der Waals surface area contributed by atoms with Crippen molar-refractivity contribution in [1.82, 2.24) is 0 Å². The summed E-state index contributed by atoms with van der Waals surface area (Å²) in [7, 11) is 0. The Kier molecular flexibility index (Phi) is 4.59. The van der Waals surface area contributed by atoms with Crippen LogP contribution in [0.15, 0.2) is 48.5 Å². The molecule has 0 bridgehead atoms. The zero-order chi connectivity index (χ0) is 14.4. The van der Waals surface area contributed by atoms with Crippen molar-refractivity contribution in [2.45, 2.75) is 0 Å². The third-order valence-electron chi connectivity index (χ3n) is 2.41. The summed E-state index contributed by atoms with van der Waals surface area (Å²) >= 11 is 5.87. The van der Waals surface area contributed by atoms with Crippen molar-refractivity contribution in [3.8, 4) is 17.6 Å². The number of halogens is 1. The number of hydrogen-bond acceptors (Lipinski definition) is 4. The quantitative estimate of drug-likeness (QED) is 0.640. The molecule has 0 aliphatic carbocycles. The Morgan fingerprint density at radius 1 is 1.10 bits per heavy atom. The molecule has 0 radical (unpaired) electrons. The first-order valence-electron chi connectivity index (χ1n) is 5.78. The fraction of sp³-hybridized carbons (Fsp3) is 0.0667. The Morgan fingerprint density at radius 2 is 1.75 bits per heavy atom. The Morgan fingerprint density at radius 3 is 2.45 bits per heavy atom. The number of esters is 1. The van der Waals surface area contributed by atoms with Crippen LogP contribution in [0.5, 0.6) is 11.5 Å². The molecule has 20 heavy (non-hydrogen) atoms. The smallest absolute Gasteiger partial charge is 0.349 e. The molecular weight excluding hydrogens is 278 g/mol. The minimum absolute atomic E-state index is 0.274. The van der Waals surface area contributed by atoms with Crippen LogP contribution in [-0.4, -0.2) is 12.6 Å². The number of rotatable bonds is 4. The molecule has 0 amide bonds. The van der Waals surface area contributed by atoms with Gasteiger partial charge in [0.2, 0.25) is 0 Å². The summed E-state index contributed by atoms with van der Waals surface area (Å²) < 4.78 is 10.3. The molecule has 0 atom stereocenters. The SMILES string of the molecule is N#Cc1ccccc1OCC(=O)Oc1ccccc1Cl. The molecule has 2 aromatic carbocycles. The van der Waals surface area contributed by atoms with E-state index in [0.29, 0.717) is 16.3 Å². The monoisotopic (exact) mass is 287 g/mol. The maximum absolute atomic E-state index is 11.6. The van der Waals surface area contributed by atoms with Crippen LogP contribution in [0.1, 0.15) is 5.56 Å². The summed E-state index contributed by atoms with van der Waals surface area (Å²) in [6, 6.07) is 15.3. The zero-order valence-corrected chi connectivity index (χ0v) is 11.1. The van der Waals surface area contributed by atoms with Gasteiger partial charge in [0, 0.05) is 0 Å². The van der Waals surface area contributed by atoms with E-state index in [4.69, 9.17) is 26.3 Å². The van der Waals surface area contributed by atoms with Gasteiger partial charge in [-0.1, -0.05) is 35.9 Å². The largest absolute Gasteiger partial charge is 0.481 e. The zero-order valence-electron chi connectivity index (χ0n) is 10.4. The van der Waals surface area contributed by atoms with Gasteiger partial charge in [-0.2, -0.15) is 5.26 Å². The predicted octanol–water partition coefficient (Wildman–Crippen LogP) is 3.20. The molecular formula is C15H10ClNO3. The predicted molar refractivity (Wildman–Crippen MR) is 73.7 cm³/mol. The van der Waals surface area contributed by atoms with E-state index >= 15 is 0 Å². The summed E-state index contributed by atoms with van der Waals surface area (Å²) in [5.74, 6) is 0.0216. The first kappa shape index (κ1) is 13.9. The van der Waals surface area contributed by atoms with Gasteiger partial charge >= 0.3 is 5.97 Å². The second-order valence-corrected chi connectivity index (χ2v) is 4.21. The number of para-hydroxylation sites is 2. The van der Waals surface area contributed by atoms with E-state index in [9.17, 15) is 4.79 Å². The minimum Gasteiger partial charge on any atom is -0.481 e. The molecule has 0 spiro atoms. The number of benzene rings is 2. The Labute approximate surface area is 121 Å². The molecule has 0 aliphatic heterocycles. The lowest BCUT2D eigenvalue weighted by Crippen LogP contribution is -2.18. The average Bonchev–Trinajstić information content (AvgIpc) is 2.48. The number of carbonyl (C=O) groups excluding carboxylic acids is 1. The van der Waals surface area contributed by atoms with Gasteiger partial charge in [0.25, 0.3) is 0 Å². The summed E-state index contributed by atoms with van der Waals surface area (Å²) in [6.45, 7) is -0.302. The molecule has 100 valence electrons. The van der Waals surface area contributed by atoms with Gasteiger partial charge in [0.1, 0.15) is 17.6 Å². The van der Waals surface area contributed by atoms with E-state index in [1.807, 2.05) is 6.07 Å². The molecule has 0 saturated carbocycles. The topological polar surface area (TPSA) is 59.3 Å². The summed E-state index contributed by atoms with van der Waals surface area (Å²) in [4.78, 5) is 11.6. The highest BCUT2D eigenvalue weighted by Crippen LogP contribution is 2.23.